The lowest BCUT2D eigenvalue weighted by Gasteiger charge is -2.31. The number of rotatable bonds is 0. The van der Waals surface area contributed by atoms with Crippen LogP contribution in [0.5, 0.6) is 0 Å². The minimum absolute atomic E-state index is 0.544. The number of hydrogen-bond donors (Lipinski definition) is 1. The second kappa shape index (κ2) is 2.70. The van der Waals surface area contributed by atoms with Crippen molar-refractivity contribution in [1.29, 1.82) is 0 Å². The molecule has 0 aliphatic carbocycles. The Bertz CT molecular complexity index is 293. The SMILES string of the molecule is c1cnc2c(c1)CN1CCC[C@H]1N2. The third kappa shape index (κ3) is 1.11. The molecule has 2 aliphatic rings. The van der Waals surface area contributed by atoms with Crippen molar-refractivity contribution in [2.75, 3.05) is 11.9 Å². The Hall–Kier alpha value is -1.09. The van der Waals surface area contributed by atoms with Gasteiger partial charge in [-0.05, 0) is 18.9 Å². The molecule has 0 spiro atoms. The van der Waals surface area contributed by atoms with E-state index in [0.29, 0.717) is 6.17 Å². The van der Waals surface area contributed by atoms with E-state index in [-0.39, 0.29) is 0 Å². The predicted molar refractivity (Wildman–Crippen MR) is 51.3 cm³/mol. The molecule has 1 aromatic rings. The molecule has 13 heavy (non-hydrogen) atoms. The zero-order valence-electron chi connectivity index (χ0n) is 7.53. The molecule has 0 aromatic carbocycles. The highest BCUT2D eigenvalue weighted by atomic mass is 15.3. The maximum atomic E-state index is 4.34. The fraction of sp³-hybridized carbons (Fsp3) is 0.500. The largest absolute Gasteiger partial charge is 0.354 e. The van der Waals surface area contributed by atoms with Crippen molar-refractivity contribution in [3.63, 3.8) is 0 Å². The average molecular weight is 175 g/mol. The van der Waals surface area contributed by atoms with Gasteiger partial charge in [-0.25, -0.2) is 4.98 Å². The quantitative estimate of drug-likeness (QED) is 0.646. The first kappa shape index (κ1) is 7.33. The molecule has 1 fully saturated rings. The molecule has 1 saturated heterocycles. The molecule has 1 aromatic heterocycles. The predicted octanol–water partition coefficient (Wildman–Crippen LogP) is 1.43. The van der Waals surface area contributed by atoms with Crippen LogP contribution in [0.2, 0.25) is 0 Å². The lowest BCUT2D eigenvalue weighted by molar-refractivity contribution is 0.255. The molecule has 1 atom stereocenters. The van der Waals surface area contributed by atoms with Crippen LogP contribution in [0, 0.1) is 0 Å². The van der Waals surface area contributed by atoms with E-state index in [1.807, 2.05) is 12.3 Å². The van der Waals surface area contributed by atoms with Crippen LogP contribution in [0.15, 0.2) is 18.3 Å². The summed E-state index contributed by atoms with van der Waals surface area (Å²) >= 11 is 0. The highest BCUT2D eigenvalue weighted by Gasteiger charge is 2.29. The lowest BCUT2D eigenvalue weighted by atomic mass is 10.2. The van der Waals surface area contributed by atoms with Gasteiger partial charge in [-0.1, -0.05) is 6.07 Å². The number of aromatic nitrogens is 1. The lowest BCUT2D eigenvalue weighted by Crippen LogP contribution is -2.39. The molecular formula is C10H13N3. The third-order valence-corrected chi connectivity index (χ3v) is 2.93. The maximum Gasteiger partial charge on any atom is 0.131 e. The number of anilines is 1. The fourth-order valence-electron chi connectivity index (χ4n) is 2.25. The zero-order chi connectivity index (χ0) is 8.67. The summed E-state index contributed by atoms with van der Waals surface area (Å²) in [5.41, 5.74) is 1.33. The van der Waals surface area contributed by atoms with E-state index in [0.717, 1.165) is 12.4 Å². The van der Waals surface area contributed by atoms with Crippen LogP contribution in [0.25, 0.3) is 0 Å². The molecule has 1 N–H and O–H groups in total. The van der Waals surface area contributed by atoms with Crippen LogP contribution in [0.1, 0.15) is 18.4 Å². The smallest absolute Gasteiger partial charge is 0.131 e. The summed E-state index contributed by atoms with van der Waals surface area (Å²) in [4.78, 5) is 6.83. The number of hydrogen-bond acceptors (Lipinski definition) is 3. The molecule has 0 amide bonds. The van der Waals surface area contributed by atoms with Gasteiger partial charge in [-0.2, -0.15) is 0 Å². The van der Waals surface area contributed by atoms with Gasteiger partial charge in [0, 0.05) is 24.8 Å². The third-order valence-electron chi connectivity index (χ3n) is 2.93. The van der Waals surface area contributed by atoms with E-state index < -0.39 is 0 Å². The van der Waals surface area contributed by atoms with E-state index in [9.17, 15) is 0 Å². The normalized spacial score (nSPS) is 26.3. The number of nitrogens with one attached hydrogen (secondary N) is 1. The van der Waals surface area contributed by atoms with Crippen LogP contribution >= 0.6 is 0 Å². The Morgan fingerprint density at radius 2 is 2.54 bits per heavy atom. The van der Waals surface area contributed by atoms with Crippen molar-refractivity contribution in [3.8, 4) is 0 Å². The van der Waals surface area contributed by atoms with Gasteiger partial charge in [0.05, 0.1) is 6.17 Å². The van der Waals surface area contributed by atoms with Gasteiger partial charge < -0.3 is 5.32 Å². The number of pyridine rings is 1. The first-order valence-electron chi connectivity index (χ1n) is 4.88. The average Bonchev–Trinajstić information content (AvgIpc) is 2.61. The minimum atomic E-state index is 0.544. The van der Waals surface area contributed by atoms with Crippen molar-refractivity contribution in [1.82, 2.24) is 9.88 Å². The monoisotopic (exact) mass is 175 g/mol. The van der Waals surface area contributed by atoms with Crippen LogP contribution in [0.3, 0.4) is 0 Å². The topological polar surface area (TPSA) is 28.2 Å². The van der Waals surface area contributed by atoms with Crippen LogP contribution in [0.4, 0.5) is 5.82 Å². The maximum absolute atomic E-state index is 4.34. The van der Waals surface area contributed by atoms with E-state index >= 15 is 0 Å². The van der Waals surface area contributed by atoms with Gasteiger partial charge in [0.25, 0.3) is 0 Å². The fourth-order valence-corrected chi connectivity index (χ4v) is 2.25. The molecule has 2 aliphatic heterocycles. The van der Waals surface area contributed by atoms with Crippen LogP contribution in [-0.2, 0) is 6.54 Å². The Balaban J connectivity index is 1.97. The van der Waals surface area contributed by atoms with Crippen molar-refractivity contribution in [2.24, 2.45) is 0 Å². The van der Waals surface area contributed by atoms with Gasteiger partial charge in [-0.15, -0.1) is 0 Å². The molecule has 0 unspecified atom stereocenters. The van der Waals surface area contributed by atoms with Crippen molar-refractivity contribution in [2.45, 2.75) is 25.6 Å². The first-order valence-corrected chi connectivity index (χ1v) is 4.88. The number of nitrogens with zero attached hydrogens (tertiary/aromatic N) is 2. The molecule has 3 rings (SSSR count). The summed E-state index contributed by atoms with van der Waals surface area (Å²) in [7, 11) is 0. The van der Waals surface area contributed by atoms with E-state index in [4.69, 9.17) is 0 Å². The molecule has 0 radical (unpaired) electrons. The second-order valence-corrected chi connectivity index (χ2v) is 3.78. The van der Waals surface area contributed by atoms with Crippen molar-refractivity contribution in [3.05, 3.63) is 23.9 Å². The first-order chi connectivity index (χ1) is 6.43. The van der Waals surface area contributed by atoms with Gasteiger partial charge >= 0.3 is 0 Å². The summed E-state index contributed by atoms with van der Waals surface area (Å²) < 4.78 is 0. The summed E-state index contributed by atoms with van der Waals surface area (Å²) in [5, 5.41) is 3.47. The summed E-state index contributed by atoms with van der Waals surface area (Å²) in [5.74, 6) is 1.09. The Morgan fingerprint density at radius 3 is 3.54 bits per heavy atom. The zero-order valence-corrected chi connectivity index (χ0v) is 7.53. The molecule has 3 heteroatoms. The van der Waals surface area contributed by atoms with Gasteiger partial charge in [0.2, 0.25) is 0 Å². The highest BCUT2D eigenvalue weighted by molar-refractivity contribution is 5.46. The van der Waals surface area contributed by atoms with E-state index in [1.54, 1.807) is 0 Å². The summed E-state index contributed by atoms with van der Waals surface area (Å²) in [6.45, 7) is 2.30. The van der Waals surface area contributed by atoms with Crippen LogP contribution in [-0.4, -0.2) is 22.6 Å². The standard InChI is InChI=1S/C10H13N3/c1-3-8-7-13-6-2-4-9(13)12-10(8)11-5-1/h1,3,5,9H,2,4,6-7H2,(H,11,12)/t9-/m0/s1. The summed E-state index contributed by atoms with van der Waals surface area (Å²) in [6, 6.07) is 4.17. The van der Waals surface area contributed by atoms with E-state index in [2.05, 4.69) is 21.3 Å². The van der Waals surface area contributed by atoms with Crippen molar-refractivity contribution < 1.29 is 0 Å². The molecule has 0 saturated carbocycles. The molecule has 3 nitrogen and oxygen atoms in total. The second-order valence-electron chi connectivity index (χ2n) is 3.78. The molecule has 68 valence electrons. The van der Waals surface area contributed by atoms with Gasteiger partial charge in [0.1, 0.15) is 5.82 Å². The summed E-state index contributed by atoms with van der Waals surface area (Å²) in [6.07, 6.45) is 4.97. The Morgan fingerprint density at radius 1 is 1.54 bits per heavy atom. The Labute approximate surface area is 77.8 Å². The number of fused-ring (bicyclic) bond motifs is 2. The molecular weight excluding hydrogens is 162 g/mol. The van der Waals surface area contributed by atoms with Crippen molar-refractivity contribution >= 4 is 5.82 Å². The van der Waals surface area contributed by atoms with Gasteiger partial charge in [0.15, 0.2) is 0 Å². The van der Waals surface area contributed by atoms with Gasteiger partial charge in [-0.3, -0.25) is 4.90 Å². The highest BCUT2D eigenvalue weighted by Crippen LogP contribution is 2.28. The minimum Gasteiger partial charge on any atom is -0.354 e. The molecule has 3 heterocycles. The van der Waals surface area contributed by atoms with Crippen LogP contribution < -0.4 is 5.32 Å². The molecule has 0 bridgehead atoms. The Kier molecular flexibility index (Phi) is 1.52. The van der Waals surface area contributed by atoms with E-state index in [1.165, 1.54) is 24.9 Å².